The van der Waals surface area contributed by atoms with E-state index in [1.807, 2.05) is 0 Å². The van der Waals surface area contributed by atoms with Crippen LogP contribution in [0.4, 0.5) is 0 Å². The molecule has 2 aromatic carbocycles. The molecule has 6 unspecified atom stereocenters. The fourth-order valence-corrected chi connectivity index (χ4v) is 14.2. The lowest BCUT2D eigenvalue weighted by molar-refractivity contribution is -0.345. The minimum absolute atomic E-state index is 0.00729. The zero-order valence-corrected chi connectivity index (χ0v) is 58.0. The molecule has 104 heavy (non-hydrogen) atoms. The highest BCUT2D eigenvalue weighted by Gasteiger charge is 2.53. The molecule has 0 spiro atoms. The average molecular weight is 1480 g/mol. The molecule has 36 heteroatoms. The first-order valence-electron chi connectivity index (χ1n) is 35.1. The highest BCUT2D eigenvalue weighted by atomic mass is 16.7. The van der Waals surface area contributed by atoms with Gasteiger partial charge in [0.1, 0.15) is 109 Å². The molecule has 36 nitrogen and oxygen atoms in total. The van der Waals surface area contributed by atoms with Gasteiger partial charge in [0.2, 0.25) is 17.6 Å². The second-order valence-electron chi connectivity index (χ2n) is 27.4. The fraction of sp³-hybridized carbons (Fsp3) is 0.706. The molecule has 1 saturated carbocycles. The summed E-state index contributed by atoms with van der Waals surface area (Å²) in [6.07, 6.45) is -20.0. The molecule has 2 amide bonds. The number of nitrogens with zero attached hydrogens (tertiary/aromatic N) is 3. The molecule has 22 atom stereocenters. The number of aliphatic hydroxyl groups is 10. The predicted octanol–water partition coefficient (Wildman–Crippen LogP) is -2.89. The number of carbonyl (C=O) groups excluding carboxylic acids is 5. The number of methoxy groups -OCH3 is 2. The number of amides is 2. The van der Waals surface area contributed by atoms with Crippen LogP contribution in [-0.4, -0.2) is 286 Å². The van der Waals surface area contributed by atoms with Crippen molar-refractivity contribution in [3.8, 4) is 17.2 Å². The Labute approximate surface area is 597 Å². The minimum Gasteiger partial charge on any atom is -0.507 e. The molecule has 18 N–H and O–H groups in total. The van der Waals surface area contributed by atoms with Gasteiger partial charge in [-0.05, 0) is 63.4 Å². The van der Waals surface area contributed by atoms with Crippen LogP contribution in [0, 0.1) is 5.92 Å². The number of carboxylic acids is 1. The number of aliphatic hydroxyl groups excluding tert-OH is 9. The van der Waals surface area contributed by atoms with Crippen molar-refractivity contribution in [2.45, 2.75) is 251 Å². The van der Waals surface area contributed by atoms with Crippen LogP contribution in [0.5, 0.6) is 17.2 Å². The molecule has 6 aliphatic rings. The summed E-state index contributed by atoms with van der Waals surface area (Å²) in [5, 5.41) is 153. The van der Waals surface area contributed by atoms with Crippen molar-refractivity contribution in [2.75, 3.05) is 47.3 Å². The molecule has 580 valence electrons. The number of ether oxygens (including phenoxy) is 10. The van der Waals surface area contributed by atoms with Crippen LogP contribution < -0.4 is 26.6 Å². The van der Waals surface area contributed by atoms with Crippen molar-refractivity contribution in [3.05, 3.63) is 63.5 Å². The number of aryl methyl sites for hydroxylation is 1. The predicted molar refractivity (Wildman–Crippen MR) is 352 cm³/mol. The Morgan fingerprint density at radius 3 is 1.92 bits per heavy atom. The number of aromatic nitrogens is 3. The van der Waals surface area contributed by atoms with Gasteiger partial charge in [0.15, 0.2) is 24.7 Å². The number of phenolic OH excluding ortho intramolecular Hbond substituents is 2. The molecule has 3 aliphatic heterocycles. The van der Waals surface area contributed by atoms with Gasteiger partial charge >= 0.3 is 5.97 Å². The van der Waals surface area contributed by atoms with E-state index in [4.69, 9.17) is 58.2 Å². The molecule has 4 fully saturated rings. The SMILES string of the molecule is COc1cccc2c1C(=O)c1c(O)c3c(c(O)c1C2=O)C[C@@](O)(C(C=O)NNC(=O)CCCCCn1cc(CNC(=O)CCCCCO[C@H]2[C@H](O)[C@@H](O)[C@@H](OC[C@H]4O[C@H](OC)[C@H](O)[C@@H](O)[C@@H]4OCCCCCC(=O)O)O[C@@H]2CO[C@H]2O[C@H](CO)[C@@H](O)[C@H](O)[C@H]2O)nn1)CC3OC1CC(C)C(O)C(N)C1. The number of ketones is 2. The second-order valence-corrected chi connectivity index (χ2v) is 27.4. The molecule has 0 bridgehead atoms. The number of phenols is 2. The van der Waals surface area contributed by atoms with Crippen LogP contribution in [0.2, 0.25) is 0 Å². The Morgan fingerprint density at radius 2 is 1.31 bits per heavy atom. The van der Waals surface area contributed by atoms with Crippen LogP contribution in [0.25, 0.3) is 0 Å². The molecule has 0 radical (unpaired) electrons. The number of nitrogens with two attached hydrogens (primary N) is 1. The van der Waals surface area contributed by atoms with E-state index in [1.165, 1.54) is 32.4 Å². The summed E-state index contributed by atoms with van der Waals surface area (Å²) in [5.74, 6) is -4.99. The van der Waals surface area contributed by atoms with Crippen molar-refractivity contribution in [1.29, 1.82) is 0 Å². The number of aliphatic carboxylic acids is 1. The van der Waals surface area contributed by atoms with Gasteiger partial charge in [-0.25, -0.2) is 5.43 Å². The van der Waals surface area contributed by atoms with Gasteiger partial charge in [-0.2, -0.15) is 0 Å². The number of unbranched alkanes of at least 4 members (excludes halogenated alkanes) is 6. The Hall–Kier alpha value is -6.44. The molecule has 4 heterocycles. The minimum atomic E-state index is -2.15. The quantitative estimate of drug-likeness (QED) is 0.00933. The van der Waals surface area contributed by atoms with E-state index in [2.05, 4.69) is 26.5 Å². The number of rotatable bonds is 37. The lowest BCUT2D eigenvalue weighted by atomic mass is 9.71. The largest absolute Gasteiger partial charge is 0.507 e. The fourth-order valence-electron chi connectivity index (χ4n) is 14.2. The van der Waals surface area contributed by atoms with Gasteiger partial charge in [0.05, 0.1) is 80.3 Å². The van der Waals surface area contributed by atoms with Crippen LogP contribution in [0.3, 0.4) is 0 Å². The van der Waals surface area contributed by atoms with Crippen molar-refractivity contribution < 1.29 is 143 Å². The topological polar surface area (TPSA) is 551 Å². The van der Waals surface area contributed by atoms with Gasteiger partial charge in [-0.3, -0.25) is 34.1 Å². The number of hydrogen-bond donors (Lipinski definition) is 17. The zero-order chi connectivity index (χ0) is 75.3. The first-order valence-corrected chi connectivity index (χ1v) is 35.1. The Balaban J connectivity index is 0.708. The normalized spacial score (nSPS) is 32.2. The number of benzene rings is 2. The van der Waals surface area contributed by atoms with Crippen molar-refractivity contribution >= 4 is 35.6 Å². The lowest BCUT2D eigenvalue weighted by Crippen LogP contribution is -2.63. The van der Waals surface area contributed by atoms with Crippen LogP contribution in [0.1, 0.15) is 158 Å². The molecule has 3 saturated heterocycles. The Bertz CT molecular complexity index is 3370. The summed E-state index contributed by atoms with van der Waals surface area (Å²) in [4.78, 5) is 78.2. The average Bonchev–Trinajstić information content (AvgIpc) is 0.718. The third-order valence-corrected chi connectivity index (χ3v) is 20.0. The molecular weight excluding hydrogens is 1380 g/mol. The van der Waals surface area contributed by atoms with E-state index in [0.717, 1.165) is 0 Å². The van der Waals surface area contributed by atoms with Crippen molar-refractivity contribution in [1.82, 2.24) is 31.2 Å². The molecule has 1 aromatic heterocycles. The maximum Gasteiger partial charge on any atom is 0.303 e. The third kappa shape index (κ3) is 19.3. The summed E-state index contributed by atoms with van der Waals surface area (Å²) in [7, 11) is 2.55. The molecule has 3 aromatic rings. The van der Waals surface area contributed by atoms with E-state index >= 15 is 0 Å². The van der Waals surface area contributed by atoms with E-state index in [9.17, 15) is 90.0 Å². The highest BCUT2D eigenvalue weighted by molar-refractivity contribution is 6.31. The Kier molecular flexibility index (Phi) is 29.4. The van der Waals surface area contributed by atoms with Gasteiger partial charge in [0, 0.05) is 81.7 Å². The Morgan fingerprint density at radius 1 is 0.712 bits per heavy atom. The van der Waals surface area contributed by atoms with Gasteiger partial charge < -0.3 is 130 Å². The number of nitrogens with one attached hydrogen (secondary N) is 3. The number of fused-ring (bicyclic) bond motifs is 3. The summed E-state index contributed by atoms with van der Waals surface area (Å²) >= 11 is 0. The monoisotopic (exact) mass is 1480 g/mol. The van der Waals surface area contributed by atoms with Crippen molar-refractivity contribution in [2.24, 2.45) is 11.7 Å². The standard InChI is InChI=1S/C68H99N7O29/c1-32-22-34(23-37(69)51(32)82)101-39-25-68(94,24-36-48(39)56(87)50-49(53(36)84)52(83)35-14-13-15-38(95-2)47(35)55(50)86)43(29-77)72-73-45(79)17-7-4-10-19-75-27-33(71-74-75)26-70-44(78)16-8-5-11-20-98-64-42(31-99-66-60(91)57(88)54(85)40(28-76)102-66)104-67(62(93)59(64)90)100-30-41-63(58(89)61(92)65(96-3)103-41)97-21-12-6-9-18-46(80)81/h13-15,27,29,32,34,37,39-43,51,54,57-67,72,76,82,84-85,87-94H,4-12,16-26,28,30-31,69H2,1-3H3,(H,70,78)(H,73,79)(H,80,81)/t32?,34?,37?,39?,40-,41-,42-,43?,51?,54-,57+,58-,59-,60-,61-,62-,63-,64-,65+,66+,67+,68+/m1/s1. The summed E-state index contributed by atoms with van der Waals surface area (Å²) in [5.41, 5.74) is 8.27. The highest BCUT2D eigenvalue weighted by Crippen LogP contribution is 2.53. The van der Waals surface area contributed by atoms with Crippen molar-refractivity contribution in [3.63, 3.8) is 0 Å². The zero-order valence-electron chi connectivity index (χ0n) is 58.0. The van der Waals surface area contributed by atoms with Crippen LogP contribution in [0.15, 0.2) is 24.4 Å². The number of hydrazine groups is 1. The summed E-state index contributed by atoms with van der Waals surface area (Å²) < 4.78 is 59.8. The van der Waals surface area contributed by atoms with E-state index in [0.29, 0.717) is 82.7 Å². The number of carboxylic acid groups (broad SMARTS) is 1. The maximum absolute atomic E-state index is 14.2. The second kappa shape index (κ2) is 37.4. The van der Waals surface area contributed by atoms with Crippen LogP contribution >= 0.6 is 0 Å². The number of carbonyl (C=O) groups is 6. The number of hydrogen-bond acceptors (Lipinski definition) is 32. The summed E-state index contributed by atoms with van der Waals surface area (Å²) in [6.45, 7) is 0.521. The molecular formula is C68H99N7O29. The summed E-state index contributed by atoms with van der Waals surface area (Å²) in [6, 6.07) is 2.10. The third-order valence-electron chi connectivity index (χ3n) is 20.0. The van der Waals surface area contributed by atoms with Crippen LogP contribution in [-0.2, 0) is 81.3 Å². The number of aldehydes is 1. The van der Waals surface area contributed by atoms with Gasteiger partial charge in [0.25, 0.3) is 0 Å². The van der Waals surface area contributed by atoms with E-state index in [1.54, 1.807) is 17.8 Å². The number of aromatic hydroxyl groups is 2. The lowest BCUT2D eigenvalue weighted by Gasteiger charge is -2.45. The molecule has 9 rings (SSSR count). The first kappa shape index (κ1) is 81.6. The van der Waals surface area contributed by atoms with Gasteiger partial charge in [-0.15, -0.1) is 5.10 Å². The van der Waals surface area contributed by atoms with Gasteiger partial charge in [-0.1, -0.05) is 43.5 Å². The van der Waals surface area contributed by atoms with E-state index in [-0.39, 0.29) is 85.3 Å². The smallest absolute Gasteiger partial charge is 0.303 e. The first-order chi connectivity index (χ1) is 49.7. The van der Waals surface area contributed by atoms with E-state index < -0.39 is 207 Å². The molecule has 3 aliphatic carbocycles. The maximum atomic E-state index is 14.2.